The third-order valence-corrected chi connectivity index (χ3v) is 5.67. The lowest BCUT2D eigenvalue weighted by atomic mass is 9.94. The molecule has 28 heavy (non-hydrogen) atoms. The maximum absolute atomic E-state index is 12.8. The number of nitrogens with two attached hydrogens (primary N) is 1. The molecule has 1 aliphatic heterocycles. The standard InChI is InChI=1S/C19H26N4OS.3ClH/c1-14(18(20)16-6-4-3-5-7-16)19(24)23-10-8-22(9-11-23)12-17-13-25-15(2)21-17;;;/h3-7,13-14,18H,8-12,20H2,1-2H3;3*1H. The highest BCUT2D eigenvalue weighted by Gasteiger charge is 2.29. The Morgan fingerprint density at radius 1 is 1.14 bits per heavy atom. The Hall–Kier alpha value is -0.890. The lowest BCUT2D eigenvalue weighted by Gasteiger charge is -2.36. The topological polar surface area (TPSA) is 62.5 Å². The van der Waals surface area contributed by atoms with E-state index in [1.165, 1.54) is 0 Å². The van der Waals surface area contributed by atoms with Gasteiger partial charge in [0.1, 0.15) is 0 Å². The van der Waals surface area contributed by atoms with Crippen LogP contribution in [0, 0.1) is 12.8 Å². The average Bonchev–Trinajstić information content (AvgIpc) is 3.06. The summed E-state index contributed by atoms with van der Waals surface area (Å²) in [7, 11) is 0. The van der Waals surface area contributed by atoms with Crippen LogP contribution in [0.15, 0.2) is 35.7 Å². The molecule has 0 radical (unpaired) electrons. The van der Waals surface area contributed by atoms with Crippen molar-refractivity contribution in [2.45, 2.75) is 26.4 Å². The van der Waals surface area contributed by atoms with E-state index in [1.54, 1.807) is 11.3 Å². The maximum Gasteiger partial charge on any atom is 0.227 e. The van der Waals surface area contributed by atoms with E-state index in [2.05, 4.69) is 15.3 Å². The Morgan fingerprint density at radius 3 is 2.29 bits per heavy atom. The number of thiazole rings is 1. The number of aromatic nitrogens is 1. The molecular formula is C19H29Cl3N4OS. The SMILES string of the molecule is Cc1nc(CN2CCN(C(=O)C(C)C(N)c3ccccc3)CC2)cs1.Cl.Cl.Cl. The number of hydrogen-bond donors (Lipinski definition) is 1. The zero-order valence-corrected chi connectivity index (χ0v) is 19.4. The first-order valence-corrected chi connectivity index (χ1v) is 9.65. The van der Waals surface area contributed by atoms with Gasteiger partial charge < -0.3 is 10.6 Å². The van der Waals surface area contributed by atoms with Gasteiger partial charge in [-0.2, -0.15) is 0 Å². The Balaban J connectivity index is 0.00000243. The van der Waals surface area contributed by atoms with Crippen LogP contribution in [0.2, 0.25) is 0 Å². The van der Waals surface area contributed by atoms with Gasteiger partial charge in [-0.15, -0.1) is 48.6 Å². The number of halogens is 3. The highest BCUT2D eigenvalue weighted by molar-refractivity contribution is 7.09. The molecule has 0 aliphatic carbocycles. The molecular weight excluding hydrogens is 439 g/mol. The van der Waals surface area contributed by atoms with Gasteiger partial charge in [-0.3, -0.25) is 9.69 Å². The fourth-order valence-corrected chi connectivity index (χ4v) is 3.85. The van der Waals surface area contributed by atoms with Crippen molar-refractivity contribution in [3.63, 3.8) is 0 Å². The Bertz CT molecular complexity index is 708. The first kappa shape index (κ1) is 27.1. The van der Waals surface area contributed by atoms with Crippen LogP contribution < -0.4 is 5.73 Å². The first-order valence-electron chi connectivity index (χ1n) is 8.77. The van der Waals surface area contributed by atoms with Crippen molar-refractivity contribution in [2.24, 2.45) is 11.7 Å². The van der Waals surface area contributed by atoms with Gasteiger partial charge in [-0.05, 0) is 12.5 Å². The van der Waals surface area contributed by atoms with Crippen molar-refractivity contribution in [3.8, 4) is 0 Å². The van der Waals surface area contributed by atoms with Gasteiger partial charge in [0.05, 0.1) is 16.6 Å². The number of nitrogens with zero attached hydrogens (tertiary/aromatic N) is 3. The zero-order chi connectivity index (χ0) is 17.8. The zero-order valence-electron chi connectivity index (χ0n) is 16.1. The van der Waals surface area contributed by atoms with Crippen LogP contribution in [-0.2, 0) is 11.3 Å². The van der Waals surface area contributed by atoms with Crippen LogP contribution >= 0.6 is 48.6 Å². The van der Waals surface area contributed by atoms with Crippen LogP contribution in [0.5, 0.6) is 0 Å². The normalized spacial score (nSPS) is 16.2. The van der Waals surface area contributed by atoms with E-state index in [4.69, 9.17) is 5.73 Å². The molecule has 158 valence electrons. The molecule has 9 heteroatoms. The van der Waals surface area contributed by atoms with Gasteiger partial charge in [-0.25, -0.2) is 4.98 Å². The fraction of sp³-hybridized carbons (Fsp3) is 0.474. The molecule has 2 N–H and O–H groups in total. The first-order chi connectivity index (χ1) is 12.0. The Morgan fingerprint density at radius 2 is 1.75 bits per heavy atom. The van der Waals surface area contributed by atoms with Gasteiger partial charge in [0.2, 0.25) is 5.91 Å². The molecule has 0 bridgehead atoms. The van der Waals surface area contributed by atoms with Crippen LogP contribution in [0.25, 0.3) is 0 Å². The van der Waals surface area contributed by atoms with Crippen molar-refractivity contribution < 1.29 is 4.79 Å². The molecule has 1 amide bonds. The highest BCUT2D eigenvalue weighted by Crippen LogP contribution is 2.22. The Kier molecular flexibility index (Phi) is 12.2. The van der Waals surface area contributed by atoms with Crippen molar-refractivity contribution in [2.75, 3.05) is 26.2 Å². The number of carbonyl (C=O) groups is 1. The van der Waals surface area contributed by atoms with E-state index >= 15 is 0 Å². The third-order valence-electron chi connectivity index (χ3n) is 4.85. The number of hydrogen-bond acceptors (Lipinski definition) is 5. The number of benzene rings is 1. The summed E-state index contributed by atoms with van der Waals surface area (Å²) in [5, 5.41) is 3.22. The minimum Gasteiger partial charge on any atom is -0.340 e. The second kappa shape index (κ2) is 12.6. The predicted molar refractivity (Wildman–Crippen MR) is 123 cm³/mol. The van der Waals surface area contributed by atoms with Gasteiger partial charge >= 0.3 is 0 Å². The molecule has 2 unspecified atom stereocenters. The van der Waals surface area contributed by atoms with E-state index in [-0.39, 0.29) is 55.1 Å². The molecule has 2 aromatic rings. The fourth-order valence-electron chi connectivity index (χ4n) is 3.24. The van der Waals surface area contributed by atoms with Crippen LogP contribution in [0.4, 0.5) is 0 Å². The summed E-state index contributed by atoms with van der Waals surface area (Å²) < 4.78 is 0. The quantitative estimate of drug-likeness (QED) is 0.728. The largest absolute Gasteiger partial charge is 0.340 e. The second-order valence-electron chi connectivity index (χ2n) is 6.68. The predicted octanol–water partition coefficient (Wildman–Crippen LogP) is 3.70. The second-order valence-corrected chi connectivity index (χ2v) is 7.75. The summed E-state index contributed by atoms with van der Waals surface area (Å²) in [6, 6.07) is 9.61. The van der Waals surface area contributed by atoms with E-state index in [1.807, 2.05) is 49.1 Å². The number of carbonyl (C=O) groups excluding carboxylic acids is 1. The molecule has 1 aromatic carbocycles. The minimum absolute atomic E-state index is 0. The van der Waals surface area contributed by atoms with Crippen LogP contribution in [0.1, 0.15) is 29.2 Å². The smallest absolute Gasteiger partial charge is 0.227 e. The molecule has 1 saturated heterocycles. The van der Waals surface area contributed by atoms with Gasteiger partial charge in [0.15, 0.2) is 0 Å². The van der Waals surface area contributed by atoms with Crippen molar-refractivity contribution >= 4 is 54.5 Å². The molecule has 1 fully saturated rings. The summed E-state index contributed by atoms with van der Waals surface area (Å²) in [5.74, 6) is -0.0596. The molecule has 1 aliphatic rings. The van der Waals surface area contributed by atoms with Crippen LogP contribution in [-0.4, -0.2) is 46.9 Å². The number of aryl methyl sites for hydroxylation is 1. The average molecular weight is 468 g/mol. The number of rotatable bonds is 5. The summed E-state index contributed by atoms with van der Waals surface area (Å²) in [6.45, 7) is 8.12. The molecule has 2 atom stereocenters. The van der Waals surface area contributed by atoms with Crippen molar-refractivity contribution in [1.82, 2.24) is 14.8 Å². The van der Waals surface area contributed by atoms with Gasteiger partial charge in [0, 0.05) is 44.1 Å². The molecule has 1 aromatic heterocycles. The third kappa shape index (κ3) is 6.87. The molecule has 5 nitrogen and oxygen atoms in total. The lowest BCUT2D eigenvalue weighted by Crippen LogP contribution is -2.50. The van der Waals surface area contributed by atoms with E-state index in [9.17, 15) is 4.79 Å². The molecule has 3 rings (SSSR count). The van der Waals surface area contributed by atoms with Gasteiger partial charge in [0.25, 0.3) is 0 Å². The van der Waals surface area contributed by atoms with Gasteiger partial charge in [-0.1, -0.05) is 37.3 Å². The number of piperazine rings is 1. The van der Waals surface area contributed by atoms with Crippen LogP contribution in [0.3, 0.4) is 0 Å². The monoisotopic (exact) mass is 466 g/mol. The minimum atomic E-state index is -0.260. The summed E-state index contributed by atoms with van der Waals surface area (Å²) in [5.41, 5.74) is 8.45. The van der Waals surface area contributed by atoms with E-state index in [0.29, 0.717) is 0 Å². The molecule has 2 heterocycles. The lowest BCUT2D eigenvalue weighted by molar-refractivity contribution is -0.137. The maximum atomic E-state index is 12.8. The van der Waals surface area contributed by atoms with Crippen molar-refractivity contribution in [1.29, 1.82) is 0 Å². The summed E-state index contributed by atoms with van der Waals surface area (Å²) >= 11 is 1.69. The van der Waals surface area contributed by atoms with E-state index < -0.39 is 0 Å². The Labute approximate surface area is 189 Å². The molecule has 0 saturated carbocycles. The van der Waals surface area contributed by atoms with Crippen molar-refractivity contribution in [3.05, 3.63) is 52.0 Å². The number of amides is 1. The molecule has 0 spiro atoms. The highest BCUT2D eigenvalue weighted by atomic mass is 35.5. The van der Waals surface area contributed by atoms with E-state index in [0.717, 1.165) is 49.0 Å². The summed E-state index contributed by atoms with van der Waals surface area (Å²) in [4.78, 5) is 21.6. The summed E-state index contributed by atoms with van der Waals surface area (Å²) in [6.07, 6.45) is 0.